The number of aryl methyl sites for hydroxylation is 1. The molecule has 176 valence electrons. The minimum Gasteiger partial charge on any atom is -0.493 e. The molecule has 2 aromatic rings. The summed E-state index contributed by atoms with van der Waals surface area (Å²) in [4.78, 5) is 24.5. The van der Waals surface area contributed by atoms with Gasteiger partial charge in [0.15, 0.2) is 11.5 Å². The molecule has 11 heteroatoms. The van der Waals surface area contributed by atoms with Crippen LogP contribution in [0.25, 0.3) is 6.08 Å². The fraction of sp³-hybridized carbons (Fsp3) is 0.318. The van der Waals surface area contributed by atoms with Crippen molar-refractivity contribution in [2.24, 2.45) is 0 Å². The molecule has 3 rings (SSSR count). The molecule has 0 atom stereocenters. The first-order valence-electron chi connectivity index (χ1n) is 10.1. The average molecular weight is 476 g/mol. The van der Waals surface area contributed by atoms with Gasteiger partial charge in [0.2, 0.25) is 15.9 Å². The number of carbonyl (C=O) groups is 1. The van der Waals surface area contributed by atoms with Crippen LogP contribution in [0.5, 0.6) is 11.5 Å². The second-order valence-electron chi connectivity index (χ2n) is 7.38. The first-order chi connectivity index (χ1) is 15.7. The minimum absolute atomic E-state index is 0.0928. The first kappa shape index (κ1) is 24.2. The number of hydrogen-bond donors (Lipinski definition) is 0. The van der Waals surface area contributed by atoms with Crippen LogP contribution in [-0.4, -0.2) is 68.9 Å². The first-order valence-corrected chi connectivity index (χ1v) is 11.6. The normalized spacial score (nSPS) is 14.9. The van der Waals surface area contributed by atoms with Gasteiger partial charge >= 0.3 is 0 Å². The predicted molar refractivity (Wildman–Crippen MR) is 122 cm³/mol. The molecule has 0 N–H and O–H groups in total. The van der Waals surface area contributed by atoms with Gasteiger partial charge < -0.3 is 14.4 Å². The van der Waals surface area contributed by atoms with Gasteiger partial charge in [0.25, 0.3) is 5.69 Å². The standard InChI is InChI=1S/C22H25N3O7S/c1-16-4-7-18(25(27)28)15-21(16)33(29,30)24-12-10-23(11-13-24)22(26)9-6-17-5-8-19(31-2)20(14-17)32-3/h4-9,14-15H,10-13H2,1-3H3/b9-6+. The van der Waals surface area contributed by atoms with Crippen LogP contribution in [0.15, 0.2) is 47.4 Å². The van der Waals surface area contributed by atoms with Crippen molar-refractivity contribution in [3.63, 3.8) is 0 Å². The maximum absolute atomic E-state index is 13.0. The molecule has 33 heavy (non-hydrogen) atoms. The van der Waals surface area contributed by atoms with Crippen molar-refractivity contribution in [1.29, 1.82) is 0 Å². The highest BCUT2D eigenvalue weighted by molar-refractivity contribution is 7.89. The van der Waals surface area contributed by atoms with Crippen LogP contribution < -0.4 is 9.47 Å². The molecule has 1 saturated heterocycles. The molecule has 10 nitrogen and oxygen atoms in total. The number of non-ortho nitro benzene ring substituents is 1. The minimum atomic E-state index is -3.92. The van der Waals surface area contributed by atoms with E-state index in [4.69, 9.17) is 9.47 Å². The molecule has 0 unspecified atom stereocenters. The summed E-state index contributed by atoms with van der Waals surface area (Å²) >= 11 is 0. The maximum atomic E-state index is 13.0. The van der Waals surface area contributed by atoms with Crippen molar-refractivity contribution in [3.05, 3.63) is 63.7 Å². The highest BCUT2D eigenvalue weighted by atomic mass is 32.2. The fourth-order valence-corrected chi connectivity index (χ4v) is 5.16. The largest absolute Gasteiger partial charge is 0.493 e. The predicted octanol–water partition coefficient (Wildman–Crippen LogP) is 2.47. The molecule has 0 aromatic heterocycles. The Hall–Kier alpha value is -3.44. The van der Waals surface area contributed by atoms with Crippen LogP contribution >= 0.6 is 0 Å². The van der Waals surface area contributed by atoms with Gasteiger partial charge in [-0.1, -0.05) is 12.1 Å². The van der Waals surface area contributed by atoms with Crippen molar-refractivity contribution in [3.8, 4) is 11.5 Å². The molecule has 1 aliphatic heterocycles. The molecular weight excluding hydrogens is 450 g/mol. The lowest BCUT2D eigenvalue weighted by Gasteiger charge is -2.33. The Labute approximate surface area is 192 Å². The molecule has 1 heterocycles. The van der Waals surface area contributed by atoms with E-state index in [9.17, 15) is 23.3 Å². The SMILES string of the molecule is COc1ccc(/C=C/C(=O)N2CCN(S(=O)(=O)c3cc([N+](=O)[O-])ccc3C)CC2)cc1OC. The smallest absolute Gasteiger partial charge is 0.270 e. The summed E-state index contributed by atoms with van der Waals surface area (Å²) in [5, 5.41) is 11.1. The summed E-state index contributed by atoms with van der Waals surface area (Å²) in [5.41, 5.74) is 0.897. The van der Waals surface area contributed by atoms with Gasteiger partial charge in [-0.25, -0.2) is 8.42 Å². The summed E-state index contributed by atoms with van der Waals surface area (Å²) < 4.78 is 37.8. The Balaban J connectivity index is 1.67. The molecule has 0 aliphatic carbocycles. The number of nitro groups is 1. The molecule has 1 aliphatic rings. The maximum Gasteiger partial charge on any atom is 0.270 e. The third-order valence-electron chi connectivity index (χ3n) is 5.38. The molecule has 0 saturated carbocycles. The second-order valence-corrected chi connectivity index (χ2v) is 9.29. The zero-order valence-corrected chi connectivity index (χ0v) is 19.4. The lowest BCUT2D eigenvalue weighted by Crippen LogP contribution is -2.50. The van der Waals surface area contributed by atoms with E-state index in [-0.39, 0.29) is 42.7 Å². The van der Waals surface area contributed by atoms with Gasteiger partial charge in [-0.3, -0.25) is 14.9 Å². The van der Waals surface area contributed by atoms with Gasteiger partial charge in [0.1, 0.15) is 0 Å². The van der Waals surface area contributed by atoms with Crippen LogP contribution in [0.3, 0.4) is 0 Å². The molecule has 1 amide bonds. The molecular formula is C22H25N3O7S. The molecule has 2 aromatic carbocycles. The van der Waals surface area contributed by atoms with Gasteiger partial charge in [0, 0.05) is 44.4 Å². The number of methoxy groups -OCH3 is 2. The van der Waals surface area contributed by atoms with E-state index in [1.165, 1.54) is 36.7 Å². The number of carbonyl (C=O) groups excluding carboxylic acids is 1. The molecule has 0 spiro atoms. The molecule has 0 radical (unpaired) electrons. The van der Waals surface area contributed by atoms with Crippen molar-refractivity contribution in [2.75, 3.05) is 40.4 Å². The monoisotopic (exact) mass is 475 g/mol. The number of hydrogen-bond acceptors (Lipinski definition) is 7. The van der Waals surface area contributed by atoms with Crippen LogP contribution in [0, 0.1) is 17.0 Å². The number of nitro benzene ring substituents is 1. The third-order valence-corrected chi connectivity index (χ3v) is 7.42. The lowest BCUT2D eigenvalue weighted by atomic mass is 10.2. The Morgan fingerprint density at radius 1 is 1.03 bits per heavy atom. The number of sulfonamides is 1. The molecule has 0 bridgehead atoms. The lowest BCUT2D eigenvalue weighted by molar-refractivity contribution is -0.385. The topological polar surface area (TPSA) is 119 Å². The van der Waals surface area contributed by atoms with E-state index in [1.807, 2.05) is 0 Å². The summed E-state index contributed by atoms with van der Waals surface area (Å²) in [7, 11) is -0.855. The fourth-order valence-electron chi connectivity index (χ4n) is 3.50. The Morgan fingerprint density at radius 2 is 1.70 bits per heavy atom. The second kappa shape index (κ2) is 10.0. The Kier molecular flexibility index (Phi) is 7.34. The van der Waals surface area contributed by atoms with Gasteiger partial charge in [-0.05, 0) is 36.3 Å². The van der Waals surface area contributed by atoms with E-state index in [0.29, 0.717) is 17.1 Å². The van der Waals surface area contributed by atoms with Crippen LogP contribution in [-0.2, 0) is 14.8 Å². The van der Waals surface area contributed by atoms with Crippen molar-refractivity contribution in [2.45, 2.75) is 11.8 Å². The quantitative estimate of drug-likeness (QED) is 0.343. The van der Waals surface area contributed by atoms with E-state index in [1.54, 1.807) is 36.1 Å². The van der Waals surface area contributed by atoms with Gasteiger partial charge in [0.05, 0.1) is 24.0 Å². The highest BCUT2D eigenvalue weighted by Crippen LogP contribution is 2.28. The van der Waals surface area contributed by atoms with Gasteiger partial charge in [-0.2, -0.15) is 4.31 Å². The van der Waals surface area contributed by atoms with E-state index >= 15 is 0 Å². The molecule has 1 fully saturated rings. The zero-order chi connectivity index (χ0) is 24.2. The Morgan fingerprint density at radius 3 is 2.30 bits per heavy atom. The zero-order valence-electron chi connectivity index (χ0n) is 18.6. The number of piperazine rings is 1. The highest BCUT2D eigenvalue weighted by Gasteiger charge is 2.31. The average Bonchev–Trinajstić information content (AvgIpc) is 2.82. The van der Waals surface area contributed by atoms with Crippen LogP contribution in [0.4, 0.5) is 5.69 Å². The van der Waals surface area contributed by atoms with Crippen LogP contribution in [0.2, 0.25) is 0 Å². The number of ether oxygens (including phenoxy) is 2. The van der Waals surface area contributed by atoms with Crippen molar-refractivity contribution in [1.82, 2.24) is 9.21 Å². The van der Waals surface area contributed by atoms with E-state index < -0.39 is 14.9 Å². The summed E-state index contributed by atoms with van der Waals surface area (Å²) in [6.45, 7) is 2.21. The third kappa shape index (κ3) is 5.32. The summed E-state index contributed by atoms with van der Waals surface area (Å²) in [5.74, 6) is 0.882. The number of rotatable bonds is 7. The van der Waals surface area contributed by atoms with Crippen molar-refractivity contribution < 1.29 is 27.6 Å². The van der Waals surface area contributed by atoms with E-state index in [0.717, 1.165) is 11.6 Å². The number of amides is 1. The number of benzene rings is 2. The number of nitrogens with zero attached hydrogens (tertiary/aromatic N) is 3. The van der Waals surface area contributed by atoms with Crippen molar-refractivity contribution >= 4 is 27.7 Å². The summed E-state index contributed by atoms with van der Waals surface area (Å²) in [6.07, 6.45) is 3.08. The van der Waals surface area contributed by atoms with Gasteiger partial charge in [-0.15, -0.1) is 0 Å². The Bertz CT molecular complexity index is 1190. The summed E-state index contributed by atoms with van der Waals surface area (Å²) in [6, 6.07) is 9.04. The van der Waals surface area contributed by atoms with E-state index in [2.05, 4.69) is 0 Å². The van der Waals surface area contributed by atoms with Crippen LogP contribution in [0.1, 0.15) is 11.1 Å².